The normalized spacial score (nSPS) is 32.0. The van der Waals surface area contributed by atoms with Gasteiger partial charge >= 0.3 is 11.9 Å². The number of unbranched alkanes of at least 4 members (excludes halogenated alkanes) is 3. The fourth-order valence-electron chi connectivity index (χ4n) is 3.91. The van der Waals surface area contributed by atoms with Gasteiger partial charge in [-0.2, -0.15) is 8.78 Å². The smallest absolute Gasteiger partial charge is 0.310 e. The number of rotatable bonds is 10. The number of allylic oxidation sites excluding steroid dienone is 2. The number of hydrogen-bond donors (Lipinski definition) is 3. The minimum Gasteiger partial charge on any atom is -0.488 e. The Balaban J connectivity index is 2.01. The van der Waals surface area contributed by atoms with Crippen molar-refractivity contribution in [3.8, 4) is 0 Å². The molecule has 1 aliphatic carbocycles. The lowest BCUT2D eigenvalue weighted by atomic mass is 9.87. The molecule has 0 spiro atoms. The van der Waals surface area contributed by atoms with Crippen LogP contribution < -0.4 is 0 Å². The SMILES string of the molecule is CCCCCC(O)C=CC1C(O)CC2OC(=CCCCC(=O)O)C(F)(F)C21. The highest BCUT2D eigenvalue weighted by atomic mass is 19.3. The summed E-state index contributed by atoms with van der Waals surface area (Å²) < 4.78 is 35.1. The van der Waals surface area contributed by atoms with Crippen LogP contribution >= 0.6 is 0 Å². The molecule has 2 rings (SSSR count). The molecule has 5 nitrogen and oxygen atoms in total. The largest absolute Gasteiger partial charge is 0.488 e. The first-order chi connectivity index (χ1) is 12.8. The van der Waals surface area contributed by atoms with Crippen molar-refractivity contribution in [3.63, 3.8) is 0 Å². The lowest BCUT2D eigenvalue weighted by molar-refractivity contribution is -0.137. The third-order valence-corrected chi connectivity index (χ3v) is 5.34. The molecule has 154 valence electrons. The topological polar surface area (TPSA) is 87.0 Å². The number of alkyl halides is 2. The molecule has 27 heavy (non-hydrogen) atoms. The maximum atomic E-state index is 14.8. The van der Waals surface area contributed by atoms with Crippen molar-refractivity contribution in [1.29, 1.82) is 0 Å². The average Bonchev–Trinajstić information content (AvgIpc) is 3.03. The minimum atomic E-state index is -3.21. The number of halogens is 2. The summed E-state index contributed by atoms with van der Waals surface area (Å²) in [6.45, 7) is 2.06. The van der Waals surface area contributed by atoms with Crippen LogP contribution in [0.3, 0.4) is 0 Å². The van der Waals surface area contributed by atoms with E-state index >= 15 is 0 Å². The molecule has 5 unspecified atom stereocenters. The van der Waals surface area contributed by atoms with Crippen LogP contribution in [0.4, 0.5) is 8.78 Å². The Bertz CT molecular complexity index is 561. The number of carboxylic acid groups (broad SMARTS) is 1. The molecule has 2 aliphatic rings. The quantitative estimate of drug-likeness (QED) is 0.393. The van der Waals surface area contributed by atoms with E-state index in [4.69, 9.17) is 9.84 Å². The minimum absolute atomic E-state index is 0.0811. The van der Waals surface area contributed by atoms with Crippen LogP contribution in [-0.4, -0.2) is 45.5 Å². The summed E-state index contributed by atoms with van der Waals surface area (Å²) in [4.78, 5) is 10.5. The van der Waals surface area contributed by atoms with E-state index in [1.807, 2.05) is 0 Å². The van der Waals surface area contributed by atoms with Gasteiger partial charge in [0, 0.05) is 18.8 Å². The van der Waals surface area contributed by atoms with E-state index in [0.717, 1.165) is 19.3 Å². The Morgan fingerprint density at radius 2 is 2.11 bits per heavy atom. The molecule has 3 N–H and O–H groups in total. The molecule has 0 aromatic carbocycles. The van der Waals surface area contributed by atoms with Gasteiger partial charge in [0.15, 0.2) is 5.76 Å². The summed E-state index contributed by atoms with van der Waals surface area (Å²) in [5.74, 6) is -6.55. The Labute approximate surface area is 158 Å². The molecule has 0 aromatic heterocycles. The second-order valence-electron chi connectivity index (χ2n) is 7.49. The van der Waals surface area contributed by atoms with Gasteiger partial charge in [0.2, 0.25) is 0 Å². The molecule has 1 saturated heterocycles. The summed E-state index contributed by atoms with van der Waals surface area (Å²) in [7, 11) is 0. The zero-order chi connectivity index (χ0) is 20.0. The van der Waals surface area contributed by atoms with Gasteiger partial charge in [-0.05, 0) is 25.3 Å². The lowest BCUT2D eigenvalue weighted by Crippen LogP contribution is -2.33. The van der Waals surface area contributed by atoms with Gasteiger partial charge < -0.3 is 20.1 Å². The molecule has 0 radical (unpaired) electrons. The monoisotopic (exact) mass is 388 g/mol. The molecule has 7 heteroatoms. The summed E-state index contributed by atoms with van der Waals surface area (Å²) >= 11 is 0. The summed E-state index contributed by atoms with van der Waals surface area (Å²) in [6, 6.07) is 0. The van der Waals surface area contributed by atoms with Gasteiger partial charge in [0.1, 0.15) is 6.10 Å². The highest BCUT2D eigenvalue weighted by molar-refractivity contribution is 5.66. The number of ether oxygens (including phenoxy) is 1. The molecule has 1 saturated carbocycles. The van der Waals surface area contributed by atoms with Gasteiger partial charge in [-0.1, -0.05) is 38.3 Å². The van der Waals surface area contributed by atoms with Gasteiger partial charge in [-0.3, -0.25) is 4.79 Å². The predicted octanol–water partition coefficient (Wildman–Crippen LogP) is 3.65. The first-order valence-electron chi connectivity index (χ1n) is 9.78. The highest BCUT2D eigenvalue weighted by Gasteiger charge is 2.63. The molecule has 0 bridgehead atoms. The standard InChI is InChI=1S/C20H30F2O5/c1-2-3-4-7-13(23)10-11-14-15(24)12-16-19(14)20(21,22)17(27-16)8-5-6-9-18(25)26/h8,10-11,13-16,19,23-24H,2-7,9,12H2,1H3,(H,25,26). The summed E-state index contributed by atoms with van der Waals surface area (Å²) in [5.41, 5.74) is 0. The van der Waals surface area contributed by atoms with Gasteiger partial charge in [-0.25, -0.2) is 0 Å². The predicted molar refractivity (Wildman–Crippen MR) is 96.3 cm³/mol. The maximum Gasteiger partial charge on any atom is 0.310 e. The van der Waals surface area contributed by atoms with E-state index in [0.29, 0.717) is 6.42 Å². The van der Waals surface area contributed by atoms with Crippen LogP contribution in [0.15, 0.2) is 24.0 Å². The first-order valence-corrected chi connectivity index (χ1v) is 9.78. The third-order valence-electron chi connectivity index (χ3n) is 5.34. The van der Waals surface area contributed by atoms with E-state index in [9.17, 15) is 23.8 Å². The fraction of sp³-hybridized carbons (Fsp3) is 0.750. The molecular weight excluding hydrogens is 358 g/mol. The van der Waals surface area contributed by atoms with Crippen LogP contribution in [0.5, 0.6) is 0 Å². The van der Waals surface area contributed by atoms with Crippen molar-refractivity contribution in [2.75, 3.05) is 0 Å². The lowest BCUT2D eigenvalue weighted by Gasteiger charge is -2.22. The average molecular weight is 388 g/mol. The van der Waals surface area contributed by atoms with Crippen molar-refractivity contribution < 1.29 is 33.6 Å². The van der Waals surface area contributed by atoms with Crippen molar-refractivity contribution in [1.82, 2.24) is 0 Å². The van der Waals surface area contributed by atoms with Crippen LogP contribution in [0.1, 0.15) is 58.3 Å². The van der Waals surface area contributed by atoms with Crippen LogP contribution in [0.25, 0.3) is 0 Å². The van der Waals surface area contributed by atoms with Crippen molar-refractivity contribution in [2.45, 2.75) is 82.5 Å². The number of aliphatic hydroxyl groups is 2. The number of aliphatic carboxylic acids is 1. The van der Waals surface area contributed by atoms with Gasteiger partial charge in [0.25, 0.3) is 0 Å². The first kappa shape index (κ1) is 21.8. The van der Waals surface area contributed by atoms with Crippen molar-refractivity contribution in [2.24, 2.45) is 11.8 Å². The molecular formula is C20H30F2O5. The van der Waals surface area contributed by atoms with Crippen molar-refractivity contribution in [3.05, 3.63) is 24.0 Å². The molecule has 1 aliphatic heterocycles. The van der Waals surface area contributed by atoms with Crippen LogP contribution in [-0.2, 0) is 9.53 Å². The summed E-state index contributed by atoms with van der Waals surface area (Å²) in [5, 5.41) is 28.8. The number of carboxylic acids is 1. The number of hydrogen-bond acceptors (Lipinski definition) is 4. The number of aliphatic hydroxyl groups excluding tert-OH is 2. The van der Waals surface area contributed by atoms with E-state index < -0.39 is 47.8 Å². The Morgan fingerprint density at radius 1 is 1.37 bits per heavy atom. The maximum absolute atomic E-state index is 14.8. The number of fused-ring (bicyclic) bond motifs is 1. The van der Waals surface area contributed by atoms with Crippen LogP contribution in [0.2, 0.25) is 0 Å². The van der Waals surface area contributed by atoms with E-state index in [-0.39, 0.29) is 25.7 Å². The highest BCUT2D eigenvalue weighted by Crippen LogP contribution is 2.54. The van der Waals surface area contributed by atoms with E-state index in [1.54, 1.807) is 0 Å². The zero-order valence-corrected chi connectivity index (χ0v) is 15.7. The number of carbonyl (C=O) groups is 1. The Kier molecular flexibility index (Phi) is 7.79. The fourth-order valence-corrected chi connectivity index (χ4v) is 3.91. The molecule has 1 heterocycles. The molecule has 0 amide bonds. The summed E-state index contributed by atoms with van der Waals surface area (Å²) in [6.07, 6.45) is 5.87. The zero-order valence-electron chi connectivity index (χ0n) is 15.7. The van der Waals surface area contributed by atoms with Gasteiger partial charge in [0.05, 0.1) is 18.1 Å². The van der Waals surface area contributed by atoms with Crippen LogP contribution in [0, 0.1) is 11.8 Å². The second-order valence-corrected chi connectivity index (χ2v) is 7.49. The second kappa shape index (κ2) is 9.64. The molecule has 5 atom stereocenters. The van der Waals surface area contributed by atoms with Crippen molar-refractivity contribution >= 4 is 5.97 Å². The Hall–Kier alpha value is -1.47. The Morgan fingerprint density at radius 3 is 2.78 bits per heavy atom. The molecule has 0 aromatic rings. The molecule has 2 fully saturated rings. The van der Waals surface area contributed by atoms with Gasteiger partial charge in [-0.15, -0.1) is 0 Å². The third kappa shape index (κ3) is 5.51. The van der Waals surface area contributed by atoms with E-state index in [2.05, 4.69) is 6.92 Å². The van der Waals surface area contributed by atoms with E-state index in [1.165, 1.54) is 18.2 Å².